The van der Waals surface area contributed by atoms with Crippen LogP contribution in [-0.2, 0) is 19.2 Å². The number of ether oxygens (including phenoxy) is 1. The van der Waals surface area contributed by atoms with Gasteiger partial charge < -0.3 is 19.8 Å². The van der Waals surface area contributed by atoms with E-state index >= 15 is 0 Å². The Kier molecular flexibility index (Phi) is 6.42. The highest BCUT2D eigenvalue weighted by atomic mass is 16.6. The molecule has 7 atom stereocenters. The highest BCUT2D eigenvalue weighted by molar-refractivity contribution is 6.06. The first-order valence-corrected chi connectivity index (χ1v) is 11.0. The maximum atomic E-state index is 13.3. The number of aliphatic hydroxyl groups is 2. The van der Waals surface area contributed by atoms with Crippen LogP contribution in [0.4, 0.5) is 0 Å². The molecule has 4 rings (SSSR count). The Balaban J connectivity index is 1.52. The van der Waals surface area contributed by atoms with Crippen molar-refractivity contribution in [1.82, 2.24) is 4.90 Å². The van der Waals surface area contributed by atoms with E-state index in [0.29, 0.717) is 44.6 Å². The molecule has 2 saturated carbocycles. The van der Waals surface area contributed by atoms with Gasteiger partial charge in [0.05, 0.1) is 42.4 Å². The summed E-state index contributed by atoms with van der Waals surface area (Å²) in [6.45, 7) is 1.31. The van der Waals surface area contributed by atoms with E-state index in [1.165, 1.54) is 4.90 Å². The summed E-state index contributed by atoms with van der Waals surface area (Å²) in [7, 11) is 0. The van der Waals surface area contributed by atoms with Crippen LogP contribution in [0.25, 0.3) is 0 Å². The number of carbonyl (C=O) groups is 2. The number of unbranched alkanes of at least 4 members (excludes halogenated alkanes) is 1. The Morgan fingerprint density at radius 1 is 1.20 bits per heavy atom. The largest absolute Gasteiger partial charge is 0.396 e. The van der Waals surface area contributed by atoms with Crippen molar-refractivity contribution in [1.29, 1.82) is 0 Å². The molecule has 2 saturated heterocycles. The molecule has 8 heteroatoms. The lowest BCUT2D eigenvalue weighted by Gasteiger charge is -2.45. The van der Waals surface area contributed by atoms with E-state index in [1.807, 2.05) is 0 Å². The predicted octanol–water partition coefficient (Wildman–Crippen LogP) is 0.704. The Morgan fingerprint density at radius 2 is 2.00 bits per heavy atom. The molecule has 2 N–H and O–H groups in total. The van der Waals surface area contributed by atoms with Crippen LogP contribution in [0.5, 0.6) is 0 Å². The number of amides is 2. The fraction of sp³-hybridized carbons (Fsp3) is 0.773. The van der Waals surface area contributed by atoms with Gasteiger partial charge in [0.15, 0.2) is 0 Å². The van der Waals surface area contributed by atoms with Crippen LogP contribution >= 0.6 is 0 Å². The van der Waals surface area contributed by atoms with E-state index in [2.05, 4.69) is 11.1 Å². The standard InChI is InChI=1S/C22H30N2O6/c1-2-3-4-10-30-23-16-11-17(25)20(26)18-14(16)7-8-15-19(18)22(28)24(21(15)27)12-13-6-5-9-29-13/h1,13-15,17-20,25-26H,3-12H2/b23-16+/t13-,14-,15+,17+,18-,19+,20+/m0/s1. The fourth-order valence-electron chi connectivity index (χ4n) is 5.58. The summed E-state index contributed by atoms with van der Waals surface area (Å²) >= 11 is 0. The van der Waals surface area contributed by atoms with Crippen molar-refractivity contribution in [3.05, 3.63) is 0 Å². The van der Waals surface area contributed by atoms with Gasteiger partial charge in [-0.1, -0.05) is 5.16 Å². The maximum Gasteiger partial charge on any atom is 0.233 e. The minimum Gasteiger partial charge on any atom is -0.396 e. The molecule has 0 aromatic heterocycles. The van der Waals surface area contributed by atoms with Crippen molar-refractivity contribution in [2.45, 2.75) is 63.3 Å². The van der Waals surface area contributed by atoms with Gasteiger partial charge >= 0.3 is 0 Å². The number of likely N-dealkylation sites (tertiary alicyclic amines) is 1. The van der Waals surface area contributed by atoms with Crippen molar-refractivity contribution in [2.75, 3.05) is 19.8 Å². The molecular weight excluding hydrogens is 388 g/mol. The highest BCUT2D eigenvalue weighted by Gasteiger charge is 2.59. The van der Waals surface area contributed by atoms with Crippen molar-refractivity contribution in [3.63, 3.8) is 0 Å². The summed E-state index contributed by atoms with van der Waals surface area (Å²) < 4.78 is 5.62. The third-order valence-corrected chi connectivity index (χ3v) is 7.02. The molecule has 30 heavy (non-hydrogen) atoms. The van der Waals surface area contributed by atoms with Gasteiger partial charge in [-0.15, -0.1) is 12.3 Å². The predicted molar refractivity (Wildman–Crippen MR) is 107 cm³/mol. The second-order valence-corrected chi connectivity index (χ2v) is 8.80. The van der Waals surface area contributed by atoms with Crippen LogP contribution < -0.4 is 0 Å². The van der Waals surface area contributed by atoms with E-state index in [1.54, 1.807) is 0 Å². The molecule has 4 fully saturated rings. The second kappa shape index (κ2) is 9.04. The summed E-state index contributed by atoms with van der Waals surface area (Å²) in [6.07, 6.45) is 7.49. The van der Waals surface area contributed by atoms with Gasteiger partial charge in [0.1, 0.15) is 6.61 Å². The number of nitrogens with zero attached hydrogens (tertiary/aromatic N) is 2. The average Bonchev–Trinajstić information content (AvgIpc) is 3.34. The zero-order chi connectivity index (χ0) is 21.3. The Hall–Kier alpha value is -1.95. The molecule has 0 aromatic carbocycles. The Morgan fingerprint density at radius 3 is 2.73 bits per heavy atom. The lowest BCUT2D eigenvalue weighted by Crippen LogP contribution is -2.54. The molecule has 2 aliphatic carbocycles. The molecule has 2 amide bonds. The van der Waals surface area contributed by atoms with Crippen molar-refractivity contribution >= 4 is 17.5 Å². The molecule has 4 aliphatic rings. The number of aliphatic hydroxyl groups excluding tert-OH is 2. The van der Waals surface area contributed by atoms with Gasteiger partial charge in [-0.25, -0.2) is 0 Å². The molecular formula is C22H30N2O6. The van der Waals surface area contributed by atoms with E-state index in [0.717, 1.165) is 12.8 Å². The second-order valence-electron chi connectivity index (χ2n) is 8.80. The maximum absolute atomic E-state index is 13.3. The Bertz CT molecular complexity index is 740. The van der Waals surface area contributed by atoms with Gasteiger partial charge in [0.2, 0.25) is 11.8 Å². The highest BCUT2D eigenvalue weighted by Crippen LogP contribution is 2.49. The first kappa shape index (κ1) is 21.3. The first-order chi connectivity index (χ1) is 14.5. The van der Waals surface area contributed by atoms with Crippen molar-refractivity contribution < 1.29 is 29.4 Å². The average molecular weight is 418 g/mol. The van der Waals surface area contributed by atoms with Crippen LogP contribution in [-0.4, -0.2) is 70.7 Å². The fourth-order valence-corrected chi connectivity index (χ4v) is 5.58. The minimum atomic E-state index is -1.07. The topological polar surface area (TPSA) is 109 Å². The summed E-state index contributed by atoms with van der Waals surface area (Å²) in [6, 6.07) is 0. The normalized spacial score (nSPS) is 39.7. The number of terminal acetylenes is 1. The molecule has 0 aromatic rings. The Labute approximate surface area is 176 Å². The quantitative estimate of drug-likeness (QED) is 0.285. The van der Waals surface area contributed by atoms with Crippen LogP contribution in [0, 0.1) is 36.0 Å². The third kappa shape index (κ3) is 3.86. The summed E-state index contributed by atoms with van der Waals surface area (Å²) in [5.74, 6) is 0.325. The zero-order valence-corrected chi connectivity index (χ0v) is 17.1. The summed E-state index contributed by atoms with van der Waals surface area (Å²) in [4.78, 5) is 33.0. The molecule has 8 nitrogen and oxygen atoms in total. The number of carbonyl (C=O) groups excluding carboxylic acids is 2. The molecule has 2 aliphatic heterocycles. The van der Waals surface area contributed by atoms with E-state index < -0.39 is 30.0 Å². The lowest BCUT2D eigenvalue weighted by atomic mass is 9.60. The molecule has 0 radical (unpaired) electrons. The number of oxime groups is 1. The zero-order valence-electron chi connectivity index (χ0n) is 17.1. The van der Waals surface area contributed by atoms with Gasteiger partial charge in [0, 0.05) is 31.3 Å². The van der Waals surface area contributed by atoms with E-state index in [9.17, 15) is 19.8 Å². The number of hydrogen-bond acceptors (Lipinski definition) is 7. The molecule has 164 valence electrons. The summed E-state index contributed by atoms with van der Waals surface area (Å²) in [5.41, 5.74) is 0.662. The van der Waals surface area contributed by atoms with E-state index in [4.69, 9.17) is 16.0 Å². The first-order valence-electron chi connectivity index (χ1n) is 11.0. The van der Waals surface area contributed by atoms with Gasteiger partial charge in [-0.3, -0.25) is 14.5 Å². The summed E-state index contributed by atoms with van der Waals surface area (Å²) in [5, 5.41) is 25.5. The van der Waals surface area contributed by atoms with Crippen molar-refractivity contribution in [2.24, 2.45) is 28.8 Å². The monoisotopic (exact) mass is 418 g/mol. The lowest BCUT2D eigenvalue weighted by molar-refractivity contribution is -0.143. The molecule has 0 bridgehead atoms. The van der Waals surface area contributed by atoms with Gasteiger partial charge in [-0.2, -0.15) is 0 Å². The number of hydrogen-bond donors (Lipinski definition) is 2. The molecule has 2 heterocycles. The third-order valence-electron chi connectivity index (χ3n) is 7.02. The SMILES string of the molecule is C#CCCCO/N=C1\C[C@@H](O)[C@@H](O)[C@@H]2[C@@H]3C(=O)N(C[C@@H]4CCCO4)C(=O)[C@@H]3CC[C@@H]12. The number of rotatable bonds is 6. The van der Waals surface area contributed by atoms with Crippen LogP contribution in [0.15, 0.2) is 5.16 Å². The van der Waals surface area contributed by atoms with E-state index in [-0.39, 0.29) is 36.8 Å². The smallest absolute Gasteiger partial charge is 0.233 e. The van der Waals surface area contributed by atoms with Crippen LogP contribution in [0.3, 0.4) is 0 Å². The van der Waals surface area contributed by atoms with Crippen LogP contribution in [0.2, 0.25) is 0 Å². The van der Waals surface area contributed by atoms with Gasteiger partial charge in [-0.05, 0) is 32.1 Å². The molecule has 0 unspecified atom stereocenters. The molecule has 0 spiro atoms. The van der Waals surface area contributed by atoms with Gasteiger partial charge in [0.25, 0.3) is 0 Å². The number of imide groups is 1. The number of fused-ring (bicyclic) bond motifs is 3. The van der Waals surface area contributed by atoms with Crippen molar-refractivity contribution in [3.8, 4) is 12.3 Å². The van der Waals surface area contributed by atoms with Crippen LogP contribution in [0.1, 0.15) is 44.9 Å². The minimum absolute atomic E-state index is 0.107.